The number of amides is 2. The van der Waals surface area contributed by atoms with Crippen molar-refractivity contribution in [1.82, 2.24) is 10.0 Å². The summed E-state index contributed by atoms with van der Waals surface area (Å²) in [5, 5.41) is 2.87. The molecule has 0 radical (unpaired) electrons. The highest BCUT2D eigenvalue weighted by Crippen LogP contribution is 2.33. The minimum atomic E-state index is -3.63. The number of sulfonamides is 1. The molecule has 3 aromatic rings. The van der Waals surface area contributed by atoms with Gasteiger partial charge in [0.1, 0.15) is 11.5 Å². The summed E-state index contributed by atoms with van der Waals surface area (Å²) in [6.07, 6.45) is 4.01. The van der Waals surface area contributed by atoms with Crippen molar-refractivity contribution in [2.75, 3.05) is 18.1 Å². The van der Waals surface area contributed by atoms with E-state index in [9.17, 15) is 18.0 Å². The van der Waals surface area contributed by atoms with E-state index in [-0.39, 0.29) is 35.9 Å². The van der Waals surface area contributed by atoms with E-state index < -0.39 is 16.1 Å². The summed E-state index contributed by atoms with van der Waals surface area (Å²) in [7, 11) is -3.63. The Morgan fingerprint density at radius 1 is 0.900 bits per heavy atom. The standard InChI is InChI=1S/C30H33N3O6S/c34-29(21-38-24-15-17-25(18-16-24)40(36,37)32-23-11-5-2-6-12-23)33-20-28(39-27-14-8-7-13-26(27)33)30(35)31-19-22-9-3-1-4-10-22/h1,3-4,7-10,13-18,23,28,32H,2,5-6,11-12,19-21H2,(H,31,35)/t28-/m1/s1. The SMILES string of the molecule is O=C(NCc1ccccc1)[C@H]1CN(C(=O)COc2ccc(S(=O)(=O)NC3CCCCC3)cc2)c2ccccc2O1. The van der Waals surface area contributed by atoms with Gasteiger partial charge in [-0.05, 0) is 54.8 Å². The van der Waals surface area contributed by atoms with Crippen LogP contribution in [0.4, 0.5) is 5.69 Å². The van der Waals surface area contributed by atoms with Crippen LogP contribution in [0.25, 0.3) is 0 Å². The molecule has 10 heteroatoms. The minimum absolute atomic E-state index is 0.0316. The first-order valence-corrected chi connectivity index (χ1v) is 15.0. The van der Waals surface area contributed by atoms with Crippen LogP contribution in [0, 0.1) is 0 Å². The van der Waals surface area contributed by atoms with E-state index >= 15 is 0 Å². The molecular weight excluding hydrogens is 530 g/mol. The largest absolute Gasteiger partial charge is 0.484 e. The molecule has 9 nitrogen and oxygen atoms in total. The number of hydrogen-bond donors (Lipinski definition) is 2. The predicted molar refractivity (Wildman–Crippen MR) is 151 cm³/mol. The first-order valence-electron chi connectivity index (χ1n) is 13.5. The normalized spacial score (nSPS) is 17.4. The van der Waals surface area contributed by atoms with Crippen molar-refractivity contribution in [3.8, 4) is 11.5 Å². The minimum Gasteiger partial charge on any atom is -0.484 e. The summed E-state index contributed by atoms with van der Waals surface area (Å²) >= 11 is 0. The molecule has 2 N–H and O–H groups in total. The fourth-order valence-corrected chi connectivity index (χ4v) is 6.26. The summed E-state index contributed by atoms with van der Waals surface area (Å²) in [6, 6.07) is 22.6. The van der Waals surface area contributed by atoms with Crippen LogP contribution in [0.2, 0.25) is 0 Å². The second-order valence-corrected chi connectivity index (χ2v) is 11.7. The monoisotopic (exact) mass is 563 g/mol. The van der Waals surface area contributed by atoms with E-state index in [1.165, 1.54) is 29.2 Å². The van der Waals surface area contributed by atoms with Gasteiger partial charge in [-0.1, -0.05) is 61.7 Å². The van der Waals surface area contributed by atoms with Crippen LogP contribution in [0.15, 0.2) is 83.8 Å². The number of para-hydroxylation sites is 2. The molecule has 1 atom stereocenters. The van der Waals surface area contributed by atoms with Crippen LogP contribution in [0.5, 0.6) is 11.5 Å². The number of benzene rings is 3. The molecule has 0 saturated heterocycles. The molecule has 3 aromatic carbocycles. The highest BCUT2D eigenvalue weighted by molar-refractivity contribution is 7.89. The van der Waals surface area contributed by atoms with Gasteiger partial charge in [0.2, 0.25) is 10.0 Å². The summed E-state index contributed by atoms with van der Waals surface area (Å²) in [5.41, 5.74) is 1.51. The Balaban J connectivity index is 1.20. The summed E-state index contributed by atoms with van der Waals surface area (Å²) in [6.45, 7) is 0.0864. The van der Waals surface area contributed by atoms with E-state index in [2.05, 4.69) is 10.0 Å². The van der Waals surface area contributed by atoms with Crippen LogP contribution in [-0.2, 0) is 26.2 Å². The fourth-order valence-electron chi connectivity index (χ4n) is 4.95. The molecule has 0 unspecified atom stereocenters. The number of fused-ring (bicyclic) bond motifs is 1. The smallest absolute Gasteiger partial charge is 0.265 e. The molecule has 2 aliphatic rings. The molecule has 210 valence electrons. The zero-order valence-corrected chi connectivity index (χ0v) is 22.9. The molecule has 1 aliphatic heterocycles. The molecule has 0 bridgehead atoms. The van der Waals surface area contributed by atoms with Crippen LogP contribution < -0.4 is 24.4 Å². The number of hydrogen-bond acceptors (Lipinski definition) is 6. The maximum Gasteiger partial charge on any atom is 0.265 e. The molecular formula is C30H33N3O6S. The molecule has 2 amide bonds. The molecule has 1 aliphatic carbocycles. The Kier molecular flexibility index (Phi) is 8.66. The topological polar surface area (TPSA) is 114 Å². The van der Waals surface area contributed by atoms with Crippen LogP contribution in [0.3, 0.4) is 0 Å². The van der Waals surface area contributed by atoms with Crippen molar-refractivity contribution in [3.63, 3.8) is 0 Å². The third kappa shape index (κ3) is 6.81. The zero-order chi connectivity index (χ0) is 28.0. The Morgan fingerprint density at radius 3 is 2.35 bits per heavy atom. The van der Waals surface area contributed by atoms with Gasteiger partial charge in [0.15, 0.2) is 12.7 Å². The van der Waals surface area contributed by atoms with Crippen molar-refractivity contribution in [2.45, 2.75) is 55.7 Å². The first kappa shape index (κ1) is 27.7. The maximum atomic E-state index is 13.2. The van der Waals surface area contributed by atoms with Crippen LogP contribution in [-0.4, -0.2) is 45.5 Å². The van der Waals surface area contributed by atoms with E-state index in [1.54, 1.807) is 24.3 Å². The fraction of sp³-hybridized carbons (Fsp3) is 0.333. The quantitative estimate of drug-likeness (QED) is 0.410. The van der Waals surface area contributed by atoms with Gasteiger partial charge in [-0.2, -0.15) is 0 Å². The highest BCUT2D eigenvalue weighted by Gasteiger charge is 2.34. The number of anilines is 1. The van der Waals surface area contributed by atoms with Gasteiger partial charge in [0, 0.05) is 12.6 Å². The van der Waals surface area contributed by atoms with Crippen molar-refractivity contribution in [2.24, 2.45) is 0 Å². The summed E-state index contributed by atoms with van der Waals surface area (Å²) in [4.78, 5) is 27.8. The number of carbonyl (C=O) groups is 2. The summed E-state index contributed by atoms with van der Waals surface area (Å²) in [5.74, 6) is 0.119. The highest BCUT2D eigenvalue weighted by atomic mass is 32.2. The van der Waals surface area contributed by atoms with Gasteiger partial charge in [-0.3, -0.25) is 9.59 Å². The average Bonchev–Trinajstić information content (AvgIpc) is 2.99. The predicted octanol–water partition coefficient (Wildman–Crippen LogP) is 3.79. The molecule has 0 spiro atoms. The Bertz CT molecular complexity index is 1420. The Labute approximate surface area is 234 Å². The molecule has 1 saturated carbocycles. The number of nitrogens with zero attached hydrogens (tertiary/aromatic N) is 1. The van der Waals surface area contributed by atoms with E-state index in [0.29, 0.717) is 23.7 Å². The van der Waals surface area contributed by atoms with E-state index in [4.69, 9.17) is 9.47 Å². The lowest BCUT2D eigenvalue weighted by Gasteiger charge is -2.34. The van der Waals surface area contributed by atoms with Crippen LogP contribution >= 0.6 is 0 Å². The molecule has 0 aromatic heterocycles. The molecule has 40 heavy (non-hydrogen) atoms. The van der Waals surface area contributed by atoms with Gasteiger partial charge in [0.25, 0.3) is 11.8 Å². The molecule has 1 fully saturated rings. The van der Waals surface area contributed by atoms with Gasteiger partial charge in [-0.15, -0.1) is 0 Å². The van der Waals surface area contributed by atoms with Crippen molar-refractivity contribution >= 4 is 27.5 Å². The lowest BCUT2D eigenvalue weighted by Crippen LogP contribution is -2.51. The van der Waals surface area contributed by atoms with E-state index in [0.717, 1.165) is 37.7 Å². The number of carbonyl (C=O) groups excluding carboxylic acids is 2. The number of rotatable bonds is 9. The van der Waals surface area contributed by atoms with Crippen molar-refractivity contribution < 1.29 is 27.5 Å². The second-order valence-electron chi connectivity index (χ2n) is 10.00. The van der Waals surface area contributed by atoms with Crippen molar-refractivity contribution in [3.05, 3.63) is 84.4 Å². The lowest BCUT2D eigenvalue weighted by molar-refractivity contribution is -0.128. The third-order valence-corrected chi connectivity index (χ3v) is 8.64. The second kappa shape index (κ2) is 12.5. The van der Waals surface area contributed by atoms with Gasteiger partial charge in [0.05, 0.1) is 17.1 Å². The van der Waals surface area contributed by atoms with Crippen LogP contribution in [0.1, 0.15) is 37.7 Å². The Hall–Kier alpha value is -3.89. The molecule has 1 heterocycles. The Morgan fingerprint density at radius 2 is 1.60 bits per heavy atom. The number of ether oxygens (including phenoxy) is 2. The van der Waals surface area contributed by atoms with Gasteiger partial charge >= 0.3 is 0 Å². The molecule has 5 rings (SSSR count). The average molecular weight is 564 g/mol. The lowest BCUT2D eigenvalue weighted by atomic mass is 9.96. The maximum absolute atomic E-state index is 13.2. The third-order valence-electron chi connectivity index (χ3n) is 7.10. The van der Waals surface area contributed by atoms with Gasteiger partial charge < -0.3 is 19.7 Å². The van der Waals surface area contributed by atoms with E-state index in [1.807, 2.05) is 30.3 Å². The summed E-state index contributed by atoms with van der Waals surface area (Å²) < 4.78 is 39.9. The first-order chi connectivity index (χ1) is 19.4. The van der Waals surface area contributed by atoms with Gasteiger partial charge in [-0.25, -0.2) is 13.1 Å². The number of nitrogens with one attached hydrogen (secondary N) is 2. The van der Waals surface area contributed by atoms with Crippen molar-refractivity contribution in [1.29, 1.82) is 0 Å². The zero-order valence-electron chi connectivity index (χ0n) is 22.1.